The molecule has 15 heavy (non-hydrogen) atoms. The van der Waals surface area contributed by atoms with Crippen LogP contribution in [0.15, 0.2) is 6.20 Å². The Morgan fingerprint density at radius 3 is 2.60 bits per heavy atom. The number of nitrogens with zero attached hydrogens (tertiary/aromatic N) is 2. The van der Waals surface area contributed by atoms with Crippen LogP contribution in [0, 0.1) is 6.92 Å². The number of halogens is 3. The zero-order chi connectivity index (χ0) is 11.5. The molecule has 0 radical (unpaired) electrons. The Bertz CT molecular complexity index is 341. The van der Waals surface area contributed by atoms with Crippen LogP contribution < -0.4 is 4.74 Å². The molecule has 0 saturated heterocycles. The van der Waals surface area contributed by atoms with Crippen LogP contribution in [0.5, 0.6) is 6.01 Å². The maximum absolute atomic E-state index is 11.8. The van der Waals surface area contributed by atoms with Gasteiger partial charge in [0.15, 0.2) is 6.61 Å². The van der Waals surface area contributed by atoms with Crippen molar-refractivity contribution in [2.75, 3.05) is 6.61 Å². The second kappa shape index (κ2) is 4.43. The molecule has 1 aromatic heterocycles. The standard InChI is InChI=1S/C8H9F3N2O2/c1-5-6(3-14)2-12-7(13-5)15-4-8(9,10)11/h2,14H,3-4H2,1H3. The van der Waals surface area contributed by atoms with Gasteiger partial charge in [-0.05, 0) is 6.92 Å². The number of hydrogen-bond acceptors (Lipinski definition) is 4. The summed E-state index contributed by atoms with van der Waals surface area (Å²) in [6.45, 7) is -0.135. The molecule has 0 unspecified atom stereocenters. The van der Waals surface area contributed by atoms with Crippen molar-refractivity contribution >= 4 is 0 Å². The van der Waals surface area contributed by atoms with Crippen LogP contribution in [0.25, 0.3) is 0 Å². The average Bonchev–Trinajstić information content (AvgIpc) is 2.14. The molecular weight excluding hydrogens is 213 g/mol. The zero-order valence-corrected chi connectivity index (χ0v) is 7.88. The van der Waals surface area contributed by atoms with E-state index in [1.165, 1.54) is 6.20 Å². The van der Waals surface area contributed by atoms with E-state index in [-0.39, 0.29) is 12.6 Å². The summed E-state index contributed by atoms with van der Waals surface area (Å²) in [4.78, 5) is 7.17. The van der Waals surface area contributed by atoms with Crippen molar-refractivity contribution in [3.63, 3.8) is 0 Å². The lowest BCUT2D eigenvalue weighted by Crippen LogP contribution is -2.20. The van der Waals surface area contributed by atoms with E-state index in [4.69, 9.17) is 5.11 Å². The molecule has 0 saturated carbocycles. The van der Waals surface area contributed by atoms with Crippen LogP contribution in [-0.2, 0) is 6.61 Å². The van der Waals surface area contributed by atoms with Crippen molar-refractivity contribution in [2.45, 2.75) is 19.7 Å². The fourth-order valence-corrected chi connectivity index (χ4v) is 0.842. The maximum Gasteiger partial charge on any atom is 0.422 e. The topological polar surface area (TPSA) is 55.2 Å². The smallest absolute Gasteiger partial charge is 0.422 e. The van der Waals surface area contributed by atoms with Gasteiger partial charge in [-0.1, -0.05) is 0 Å². The first kappa shape index (κ1) is 11.7. The molecule has 4 nitrogen and oxygen atoms in total. The number of rotatable bonds is 3. The summed E-state index contributed by atoms with van der Waals surface area (Å²) in [7, 11) is 0. The van der Waals surface area contributed by atoms with Gasteiger partial charge < -0.3 is 9.84 Å². The molecule has 1 heterocycles. The highest BCUT2D eigenvalue weighted by molar-refractivity contribution is 5.16. The van der Waals surface area contributed by atoms with Gasteiger partial charge in [0.1, 0.15) is 0 Å². The minimum Gasteiger partial charge on any atom is -0.454 e. The minimum atomic E-state index is -4.41. The third-order valence-corrected chi connectivity index (χ3v) is 1.59. The van der Waals surface area contributed by atoms with E-state index in [9.17, 15) is 13.2 Å². The van der Waals surface area contributed by atoms with Gasteiger partial charge in [-0.3, -0.25) is 0 Å². The van der Waals surface area contributed by atoms with Crippen molar-refractivity contribution < 1.29 is 23.0 Å². The van der Waals surface area contributed by atoms with Crippen molar-refractivity contribution in [3.8, 4) is 6.01 Å². The summed E-state index contributed by atoms with van der Waals surface area (Å²) < 4.78 is 39.6. The molecular formula is C8H9F3N2O2. The summed E-state index contributed by atoms with van der Waals surface area (Å²) in [5.41, 5.74) is 0.846. The molecule has 0 aromatic carbocycles. The summed E-state index contributed by atoms with van der Waals surface area (Å²) in [5, 5.41) is 8.77. The van der Waals surface area contributed by atoms with Crippen LogP contribution in [0.4, 0.5) is 13.2 Å². The number of aromatic nitrogens is 2. The average molecular weight is 222 g/mol. The summed E-state index contributed by atoms with van der Waals surface area (Å²) in [6, 6.07) is -0.345. The third-order valence-electron chi connectivity index (χ3n) is 1.59. The van der Waals surface area contributed by atoms with E-state index >= 15 is 0 Å². The molecule has 0 atom stereocenters. The first-order chi connectivity index (χ1) is 6.92. The Kier molecular flexibility index (Phi) is 3.46. The van der Waals surface area contributed by atoms with Gasteiger partial charge in [0, 0.05) is 11.8 Å². The van der Waals surface area contributed by atoms with Crippen molar-refractivity contribution in [3.05, 3.63) is 17.5 Å². The molecule has 1 N–H and O–H groups in total. The molecule has 0 spiro atoms. The highest BCUT2D eigenvalue weighted by Gasteiger charge is 2.28. The maximum atomic E-state index is 11.8. The quantitative estimate of drug-likeness (QED) is 0.835. The van der Waals surface area contributed by atoms with E-state index < -0.39 is 12.8 Å². The first-order valence-corrected chi connectivity index (χ1v) is 4.05. The summed E-state index contributed by atoms with van der Waals surface area (Å²) >= 11 is 0. The van der Waals surface area contributed by atoms with Gasteiger partial charge in [-0.15, -0.1) is 0 Å². The number of aryl methyl sites for hydroxylation is 1. The van der Waals surface area contributed by atoms with Crippen molar-refractivity contribution in [1.29, 1.82) is 0 Å². The molecule has 1 aromatic rings. The molecule has 0 fully saturated rings. The molecule has 0 bridgehead atoms. The van der Waals surface area contributed by atoms with Crippen LogP contribution in [0.3, 0.4) is 0 Å². The van der Waals surface area contributed by atoms with Gasteiger partial charge in [0.2, 0.25) is 0 Å². The van der Waals surface area contributed by atoms with E-state index in [0.29, 0.717) is 11.3 Å². The molecule has 1 rings (SSSR count). The van der Waals surface area contributed by atoms with Crippen LogP contribution >= 0.6 is 0 Å². The Balaban J connectivity index is 2.68. The Morgan fingerprint density at radius 2 is 2.13 bits per heavy atom. The van der Waals surface area contributed by atoms with E-state index in [1.807, 2.05) is 0 Å². The number of hydrogen-bond donors (Lipinski definition) is 1. The van der Waals surface area contributed by atoms with E-state index in [0.717, 1.165) is 0 Å². The summed E-state index contributed by atoms with van der Waals surface area (Å²) in [6.07, 6.45) is -3.18. The number of ether oxygens (including phenoxy) is 1. The van der Waals surface area contributed by atoms with Gasteiger partial charge in [0.25, 0.3) is 0 Å². The predicted molar refractivity (Wildman–Crippen MR) is 44.2 cm³/mol. The molecule has 0 amide bonds. The highest BCUT2D eigenvalue weighted by atomic mass is 19.4. The van der Waals surface area contributed by atoms with Gasteiger partial charge in [0.05, 0.1) is 12.3 Å². The predicted octanol–water partition coefficient (Wildman–Crippen LogP) is 1.22. The minimum absolute atomic E-state index is 0.259. The lowest BCUT2D eigenvalue weighted by atomic mass is 10.3. The molecule has 0 aliphatic rings. The van der Waals surface area contributed by atoms with E-state index in [1.54, 1.807) is 6.92 Å². The SMILES string of the molecule is Cc1nc(OCC(F)(F)F)ncc1CO. The number of aliphatic hydroxyl groups excluding tert-OH is 1. The lowest BCUT2D eigenvalue weighted by Gasteiger charge is -2.08. The van der Waals surface area contributed by atoms with Crippen molar-refractivity contribution in [1.82, 2.24) is 9.97 Å². The van der Waals surface area contributed by atoms with Crippen LogP contribution in [-0.4, -0.2) is 27.9 Å². The second-order valence-electron chi connectivity index (χ2n) is 2.83. The summed E-state index contributed by atoms with van der Waals surface area (Å²) in [5.74, 6) is 0. The second-order valence-corrected chi connectivity index (χ2v) is 2.83. The largest absolute Gasteiger partial charge is 0.454 e. The molecule has 7 heteroatoms. The number of alkyl halides is 3. The van der Waals surface area contributed by atoms with E-state index in [2.05, 4.69) is 14.7 Å². The normalized spacial score (nSPS) is 11.5. The monoisotopic (exact) mass is 222 g/mol. The van der Waals surface area contributed by atoms with Crippen LogP contribution in [0.2, 0.25) is 0 Å². The Hall–Kier alpha value is -1.37. The fourth-order valence-electron chi connectivity index (χ4n) is 0.842. The van der Waals surface area contributed by atoms with Gasteiger partial charge in [-0.2, -0.15) is 13.2 Å². The van der Waals surface area contributed by atoms with Crippen molar-refractivity contribution in [2.24, 2.45) is 0 Å². The van der Waals surface area contributed by atoms with Gasteiger partial charge in [-0.25, -0.2) is 9.97 Å². The molecule has 0 aliphatic heterocycles. The Morgan fingerprint density at radius 1 is 1.47 bits per heavy atom. The van der Waals surface area contributed by atoms with Gasteiger partial charge >= 0.3 is 12.2 Å². The molecule has 84 valence electrons. The zero-order valence-electron chi connectivity index (χ0n) is 7.88. The first-order valence-electron chi connectivity index (χ1n) is 4.05. The highest BCUT2D eigenvalue weighted by Crippen LogP contribution is 2.16. The number of aliphatic hydroxyl groups is 1. The third kappa shape index (κ3) is 3.70. The molecule has 0 aliphatic carbocycles. The Labute approximate surface area is 83.7 Å². The fraction of sp³-hybridized carbons (Fsp3) is 0.500. The lowest BCUT2D eigenvalue weighted by molar-refractivity contribution is -0.154. The van der Waals surface area contributed by atoms with Crippen LogP contribution in [0.1, 0.15) is 11.3 Å².